The minimum absolute atomic E-state index is 0.0366. The van der Waals surface area contributed by atoms with E-state index >= 15 is 0 Å². The van der Waals surface area contributed by atoms with Crippen molar-refractivity contribution in [2.24, 2.45) is 11.8 Å². The van der Waals surface area contributed by atoms with Gasteiger partial charge >= 0.3 is 0 Å². The Labute approximate surface area is 160 Å². The summed E-state index contributed by atoms with van der Waals surface area (Å²) in [6.07, 6.45) is 2.38. The van der Waals surface area contributed by atoms with Crippen LogP contribution in [0, 0.1) is 11.8 Å². The van der Waals surface area contributed by atoms with Gasteiger partial charge in [-0.15, -0.1) is 0 Å². The maximum atomic E-state index is 13.4. The highest BCUT2D eigenvalue weighted by molar-refractivity contribution is 5.99. The molecule has 3 rings (SSSR count). The number of amides is 3. The quantitative estimate of drug-likeness (QED) is 0.529. The lowest BCUT2D eigenvalue weighted by Gasteiger charge is -2.33. The Kier molecular flexibility index (Phi) is 5.24. The monoisotopic (exact) mass is 381 g/mol. The average Bonchev–Trinajstić information content (AvgIpc) is 3.15. The Bertz CT molecular complexity index is 639. The minimum Gasteiger partial charge on any atom is -0.396 e. The zero-order valence-electron chi connectivity index (χ0n) is 16.6. The molecule has 1 spiro atoms. The molecular weight excluding hydrogens is 350 g/mol. The summed E-state index contributed by atoms with van der Waals surface area (Å²) in [7, 11) is 1.56. The van der Waals surface area contributed by atoms with Gasteiger partial charge in [-0.3, -0.25) is 14.4 Å². The lowest BCUT2D eigenvalue weighted by Crippen LogP contribution is -2.56. The summed E-state index contributed by atoms with van der Waals surface area (Å²) in [5.41, 5.74) is -1.69. The molecule has 0 aromatic heterocycles. The number of carbonyl (C=O) groups excluding carboxylic acids is 3. The van der Waals surface area contributed by atoms with Gasteiger partial charge in [0.2, 0.25) is 17.7 Å². The maximum absolute atomic E-state index is 13.4. The van der Waals surface area contributed by atoms with Crippen molar-refractivity contribution in [3.05, 3.63) is 0 Å². The first-order valence-corrected chi connectivity index (χ1v) is 9.85. The van der Waals surface area contributed by atoms with Gasteiger partial charge in [0.1, 0.15) is 11.6 Å². The van der Waals surface area contributed by atoms with Crippen LogP contribution in [0.2, 0.25) is 0 Å². The second-order valence-corrected chi connectivity index (χ2v) is 8.47. The first-order valence-electron chi connectivity index (χ1n) is 9.85. The molecule has 0 aromatic carbocycles. The fraction of sp³-hybridized carbons (Fsp3) is 0.842. The molecule has 3 saturated heterocycles. The van der Waals surface area contributed by atoms with Crippen LogP contribution in [-0.2, 0) is 19.1 Å². The number of rotatable bonds is 7. The molecule has 2 bridgehead atoms. The number of carbonyl (C=O) groups is 3. The molecular formula is C19H31N3O5. The SMILES string of the molecule is CNC(=O)[C@@H]1[C@H]2C(=O)N(CCCCO)C(C(=O)NC(C)C)C23CC[C@@]1(C)O3. The van der Waals surface area contributed by atoms with Crippen molar-refractivity contribution in [2.45, 2.75) is 69.7 Å². The van der Waals surface area contributed by atoms with Crippen molar-refractivity contribution < 1.29 is 24.2 Å². The topological polar surface area (TPSA) is 108 Å². The minimum atomic E-state index is -0.957. The first kappa shape index (κ1) is 20.1. The highest BCUT2D eigenvalue weighted by Crippen LogP contribution is 2.63. The number of hydrogen-bond acceptors (Lipinski definition) is 5. The second-order valence-electron chi connectivity index (χ2n) is 8.47. The molecule has 3 heterocycles. The molecule has 3 N–H and O–H groups in total. The van der Waals surface area contributed by atoms with Crippen molar-refractivity contribution in [3.63, 3.8) is 0 Å². The number of aliphatic hydroxyl groups is 1. The molecule has 0 aliphatic carbocycles. The van der Waals surface area contributed by atoms with Crippen LogP contribution < -0.4 is 10.6 Å². The Morgan fingerprint density at radius 2 is 2.00 bits per heavy atom. The largest absolute Gasteiger partial charge is 0.396 e. The van der Waals surface area contributed by atoms with Gasteiger partial charge in [-0.2, -0.15) is 0 Å². The van der Waals surface area contributed by atoms with Crippen LogP contribution in [-0.4, -0.2) is 71.2 Å². The highest BCUT2D eigenvalue weighted by atomic mass is 16.5. The number of nitrogens with zero attached hydrogens (tertiary/aromatic N) is 1. The number of fused-ring (bicyclic) bond motifs is 1. The van der Waals surface area contributed by atoms with Crippen molar-refractivity contribution in [1.29, 1.82) is 0 Å². The zero-order chi connectivity index (χ0) is 20.0. The average molecular weight is 381 g/mol. The summed E-state index contributed by atoms with van der Waals surface area (Å²) in [6.45, 7) is 6.03. The molecule has 8 nitrogen and oxygen atoms in total. The molecule has 3 amide bonds. The molecule has 152 valence electrons. The first-order chi connectivity index (χ1) is 12.7. The summed E-state index contributed by atoms with van der Waals surface area (Å²) < 4.78 is 6.40. The van der Waals surface area contributed by atoms with Crippen LogP contribution in [0.5, 0.6) is 0 Å². The molecule has 3 aliphatic heterocycles. The Hall–Kier alpha value is -1.67. The Morgan fingerprint density at radius 3 is 2.59 bits per heavy atom. The molecule has 5 atom stereocenters. The number of likely N-dealkylation sites (tertiary alicyclic amines) is 1. The van der Waals surface area contributed by atoms with E-state index in [-0.39, 0.29) is 30.4 Å². The van der Waals surface area contributed by atoms with E-state index in [1.807, 2.05) is 20.8 Å². The summed E-state index contributed by atoms with van der Waals surface area (Å²) in [4.78, 5) is 40.7. The molecule has 3 fully saturated rings. The second kappa shape index (κ2) is 7.05. The van der Waals surface area contributed by atoms with E-state index in [0.29, 0.717) is 32.2 Å². The van der Waals surface area contributed by atoms with Crippen LogP contribution >= 0.6 is 0 Å². The summed E-state index contributed by atoms with van der Waals surface area (Å²) in [5, 5.41) is 14.7. The van der Waals surface area contributed by atoms with Gasteiger partial charge in [0.05, 0.1) is 17.4 Å². The van der Waals surface area contributed by atoms with E-state index in [9.17, 15) is 14.4 Å². The lowest BCUT2D eigenvalue weighted by atomic mass is 9.66. The van der Waals surface area contributed by atoms with Gasteiger partial charge in [-0.1, -0.05) is 0 Å². The summed E-state index contributed by atoms with van der Waals surface area (Å²) in [6, 6.07) is -0.807. The van der Waals surface area contributed by atoms with Crippen molar-refractivity contribution in [3.8, 4) is 0 Å². The molecule has 27 heavy (non-hydrogen) atoms. The standard InChI is InChI=1S/C19H31N3O5/c1-11(2)21-16(25)14-19-8-7-18(3,27-19)12(15(24)20-4)13(19)17(26)22(14)9-5-6-10-23/h11-14,23H,5-10H2,1-4H3,(H,20,24)(H,21,25)/t12-,13-,14?,18+,19?/m0/s1. The Balaban J connectivity index is 2.00. The van der Waals surface area contributed by atoms with Gasteiger partial charge in [0.15, 0.2) is 0 Å². The van der Waals surface area contributed by atoms with Gasteiger partial charge in [0.25, 0.3) is 0 Å². The molecule has 0 saturated carbocycles. The third-order valence-corrected chi connectivity index (χ3v) is 6.29. The molecule has 8 heteroatoms. The van der Waals surface area contributed by atoms with Crippen LogP contribution in [0.1, 0.15) is 46.5 Å². The van der Waals surface area contributed by atoms with Gasteiger partial charge < -0.3 is 25.4 Å². The molecule has 0 radical (unpaired) electrons. The normalized spacial score (nSPS) is 37.0. The van der Waals surface area contributed by atoms with Crippen molar-refractivity contribution >= 4 is 17.7 Å². The van der Waals surface area contributed by atoms with Crippen molar-refractivity contribution in [2.75, 3.05) is 20.2 Å². The maximum Gasteiger partial charge on any atom is 0.246 e. The van der Waals surface area contributed by atoms with E-state index in [2.05, 4.69) is 10.6 Å². The third-order valence-electron chi connectivity index (χ3n) is 6.29. The van der Waals surface area contributed by atoms with Crippen LogP contribution in [0.15, 0.2) is 0 Å². The Morgan fingerprint density at radius 1 is 1.30 bits per heavy atom. The predicted molar refractivity (Wildman–Crippen MR) is 97.6 cm³/mol. The van der Waals surface area contributed by atoms with Crippen LogP contribution in [0.3, 0.4) is 0 Å². The van der Waals surface area contributed by atoms with E-state index < -0.39 is 29.1 Å². The molecule has 3 aliphatic rings. The lowest BCUT2D eigenvalue weighted by molar-refractivity contribution is -0.146. The van der Waals surface area contributed by atoms with Crippen LogP contribution in [0.25, 0.3) is 0 Å². The van der Waals surface area contributed by atoms with E-state index in [1.165, 1.54) is 0 Å². The fourth-order valence-corrected chi connectivity index (χ4v) is 5.28. The number of aliphatic hydroxyl groups excluding tert-OH is 1. The van der Waals surface area contributed by atoms with Gasteiger partial charge in [-0.05, 0) is 46.5 Å². The summed E-state index contributed by atoms with van der Waals surface area (Å²) >= 11 is 0. The van der Waals surface area contributed by atoms with Gasteiger partial charge in [0, 0.05) is 26.2 Å². The highest BCUT2D eigenvalue weighted by Gasteiger charge is 2.77. The molecule has 0 aromatic rings. The summed E-state index contributed by atoms with van der Waals surface area (Å²) in [5.74, 6) is -1.87. The van der Waals surface area contributed by atoms with Crippen LogP contribution in [0.4, 0.5) is 0 Å². The smallest absolute Gasteiger partial charge is 0.246 e. The molecule has 2 unspecified atom stereocenters. The number of nitrogens with one attached hydrogen (secondary N) is 2. The van der Waals surface area contributed by atoms with Gasteiger partial charge in [-0.25, -0.2) is 0 Å². The van der Waals surface area contributed by atoms with Crippen molar-refractivity contribution in [1.82, 2.24) is 15.5 Å². The zero-order valence-corrected chi connectivity index (χ0v) is 16.6. The predicted octanol–water partition coefficient (Wildman–Crippen LogP) is -0.206. The fourth-order valence-electron chi connectivity index (χ4n) is 5.28. The van der Waals surface area contributed by atoms with E-state index in [1.54, 1.807) is 11.9 Å². The number of ether oxygens (including phenoxy) is 1. The van der Waals surface area contributed by atoms with E-state index in [4.69, 9.17) is 9.84 Å². The number of hydrogen-bond donors (Lipinski definition) is 3. The van der Waals surface area contributed by atoms with E-state index in [0.717, 1.165) is 0 Å². The third kappa shape index (κ3) is 2.93. The number of unbranched alkanes of at least 4 members (excludes halogenated alkanes) is 1.